The maximum Gasteiger partial charge on any atom is 0.458 e. The summed E-state index contributed by atoms with van der Waals surface area (Å²) in [5.41, 5.74) is -1.79. The second-order valence-corrected chi connectivity index (χ2v) is 2.64. The van der Waals surface area contributed by atoms with Crippen LogP contribution in [-0.4, -0.2) is 6.18 Å². The van der Waals surface area contributed by atoms with E-state index in [0.717, 1.165) is 0 Å². The van der Waals surface area contributed by atoms with Gasteiger partial charge in [-0.15, -0.1) is 0 Å². The van der Waals surface area contributed by atoms with E-state index in [-0.39, 0.29) is 12.1 Å². The van der Waals surface area contributed by atoms with E-state index in [1.54, 1.807) is 0 Å². The molecule has 0 unspecified atom stereocenters. The number of hydrogen-bond acceptors (Lipinski definition) is 0. The molecule has 0 saturated heterocycles. The van der Waals surface area contributed by atoms with E-state index >= 15 is 0 Å². The number of rotatable bonds is 1. The molecule has 0 bridgehead atoms. The predicted octanol–water partition coefficient (Wildman–Crippen LogP) is 3.42. The molecule has 1 aromatic carbocycles. The lowest BCUT2D eigenvalue weighted by molar-refractivity contribution is -0.289. The van der Waals surface area contributed by atoms with Gasteiger partial charge >= 0.3 is 12.1 Å². The van der Waals surface area contributed by atoms with Crippen LogP contribution in [0.25, 0.3) is 0 Å². The smallest absolute Gasteiger partial charge is 0.206 e. The standard InChI is InChI=1S/C8H2F7/c9-5-1-4(2-6(10)3-5)7(11,12)8(13,14)15/h1-2H. The molecule has 0 saturated carbocycles. The average Bonchev–Trinajstić information content (AvgIpc) is 1.99. The van der Waals surface area contributed by atoms with Crippen LogP contribution in [0.1, 0.15) is 5.56 Å². The SMILES string of the molecule is Fc1[c]c(F)cc(C(F)(F)C(F)(F)F)c1. The van der Waals surface area contributed by atoms with Crippen LogP contribution in [0, 0.1) is 17.7 Å². The molecule has 15 heavy (non-hydrogen) atoms. The van der Waals surface area contributed by atoms with Crippen molar-refractivity contribution in [2.24, 2.45) is 0 Å². The quantitative estimate of drug-likeness (QED) is 0.649. The Kier molecular flexibility index (Phi) is 2.67. The first-order valence-corrected chi connectivity index (χ1v) is 3.48. The van der Waals surface area contributed by atoms with Gasteiger partial charge in [0, 0.05) is 5.56 Å². The summed E-state index contributed by atoms with van der Waals surface area (Å²) in [5, 5.41) is 0. The molecule has 0 aliphatic heterocycles. The third-order valence-electron chi connectivity index (χ3n) is 1.52. The first-order chi connectivity index (χ1) is 6.64. The van der Waals surface area contributed by atoms with Crippen molar-refractivity contribution < 1.29 is 30.7 Å². The molecule has 0 N–H and O–H groups in total. The minimum Gasteiger partial charge on any atom is -0.206 e. The fourth-order valence-electron chi connectivity index (χ4n) is 0.846. The second-order valence-electron chi connectivity index (χ2n) is 2.64. The van der Waals surface area contributed by atoms with Crippen LogP contribution in [0.2, 0.25) is 0 Å². The Hall–Kier alpha value is -1.27. The van der Waals surface area contributed by atoms with Crippen LogP contribution < -0.4 is 0 Å². The Labute approximate surface area is 79.3 Å². The van der Waals surface area contributed by atoms with E-state index in [4.69, 9.17) is 0 Å². The van der Waals surface area contributed by atoms with Gasteiger partial charge in [-0.3, -0.25) is 0 Å². The van der Waals surface area contributed by atoms with Crippen LogP contribution in [0.15, 0.2) is 12.1 Å². The largest absolute Gasteiger partial charge is 0.458 e. The van der Waals surface area contributed by atoms with Crippen molar-refractivity contribution in [2.45, 2.75) is 12.1 Å². The van der Waals surface area contributed by atoms with Crippen molar-refractivity contribution in [1.82, 2.24) is 0 Å². The maximum atomic E-state index is 12.6. The molecular formula is C8H2F7. The molecule has 83 valence electrons. The van der Waals surface area contributed by atoms with Crippen molar-refractivity contribution in [2.75, 3.05) is 0 Å². The third-order valence-corrected chi connectivity index (χ3v) is 1.52. The van der Waals surface area contributed by atoms with Crippen LogP contribution >= 0.6 is 0 Å². The van der Waals surface area contributed by atoms with Crippen LogP contribution in [0.4, 0.5) is 30.7 Å². The van der Waals surface area contributed by atoms with E-state index in [1.165, 1.54) is 6.07 Å². The number of hydrogen-bond donors (Lipinski definition) is 0. The van der Waals surface area contributed by atoms with Gasteiger partial charge in [-0.1, -0.05) is 0 Å². The second kappa shape index (κ2) is 3.39. The van der Waals surface area contributed by atoms with Crippen molar-refractivity contribution in [3.63, 3.8) is 0 Å². The summed E-state index contributed by atoms with van der Waals surface area (Å²) in [6, 6.07) is 1.07. The van der Waals surface area contributed by atoms with Gasteiger partial charge in [0.25, 0.3) is 0 Å². The first-order valence-electron chi connectivity index (χ1n) is 3.48. The van der Waals surface area contributed by atoms with Gasteiger partial charge in [0.05, 0.1) is 6.07 Å². The lowest BCUT2D eigenvalue weighted by Gasteiger charge is -2.19. The molecule has 1 aromatic rings. The summed E-state index contributed by atoms with van der Waals surface area (Å²) in [4.78, 5) is 0. The Morgan fingerprint density at radius 1 is 0.867 bits per heavy atom. The normalized spacial score (nSPS) is 13.0. The van der Waals surface area contributed by atoms with Gasteiger partial charge in [0.1, 0.15) is 11.6 Å². The topological polar surface area (TPSA) is 0 Å². The zero-order chi connectivity index (χ0) is 11.9. The van der Waals surface area contributed by atoms with Crippen molar-refractivity contribution in [1.29, 1.82) is 0 Å². The minimum absolute atomic E-state index is 0.115. The highest BCUT2D eigenvalue weighted by molar-refractivity contribution is 5.23. The van der Waals surface area contributed by atoms with Gasteiger partial charge < -0.3 is 0 Å². The molecule has 0 heterocycles. The molecule has 1 rings (SSSR count). The molecule has 0 aliphatic carbocycles. The molecule has 0 spiro atoms. The summed E-state index contributed by atoms with van der Waals surface area (Å²) in [6.07, 6.45) is -5.90. The van der Waals surface area contributed by atoms with E-state index in [1.807, 2.05) is 0 Å². The Balaban J connectivity index is 3.27. The first kappa shape index (κ1) is 11.8. The van der Waals surface area contributed by atoms with Crippen molar-refractivity contribution in [3.05, 3.63) is 35.4 Å². The van der Waals surface area contributed by atoms with Gasteiger partial charge in [-0.25, -0.2) is 8.78 Å². The molecule has 0 nitrogen and oxygen atoms in total. The molecule has 0 aliphatic rings. The lowest BCUT2D eigenvalue weighted by Crippen LogP contribution is -2.33. The van der Waals surface area contributed by atoms with E-state index < -0.39 is 29.3 Å². The van der Waals surface area contributed by atoms with Gasteiger partial charge in [0.15, 0.2) is 0 Å². The van der Waals surface area contributed by atoms with Gasteiger partial charge in [-0.05, 0) is 12.1 Å². The summed E-state index contributed by atoms with van der Waals surface area (Å²) in [5.74, 6) is -8.52. The summed E-state index contributed by atoms with van der Waals surface area (Å²) in [7, 11) is 0. The summed E-state index contributed by atoms with van der Waals surface area (Å²) in [6.45, 7) is 0. The van der Waals surface area contributed by atoms with Crippen LogP contribution in [0.3, 0.4) is 0 Å². The van der Waals surface area contributed by atoms with Crippen molar-refractivity contribution >= 4 is 0 Å². The highest BCUT2D eigenvalue weighted by atomic mass is 19.4. The summed E-state index contributed by atoms with van der Waals surface area (Å²) >= 11 is 0. The molecule has 0 aromatic heterocycles. The minimum atomic E-state index is -5.90. The number of benzene rings is 1. The fourth-order valence-corrected chi connectivity index (χ4v) is 0.846. The molecular weight excluding hydrogens is 229 g/mol. The Morgan fingerprint density at radius 3 is 1.60 bits per heavy atom. The molecule has 0 fully saturated rings. The zero-order valence-corrected chi connectivity index (χ0v) is 6.80. The predicted molar refractivity (Wildman–Crippen MR) is 35.1 cm³/mol. The number of halogens is 7. The van der Waals surface area contributed by atoms with Gasteiger partial charge in [-0.2, -0.15) is 22.0 Å². The van der Waals surface area contributed by atoms with E-state index in [0.29, 0.717) is 0 Å². The van der Waals surface area contributed by atoms with E-state index in [9.17, 15) is 30.7 Å². The van der Waals surface area contributed by atoms with Gasteiger partial charge in [0.2, 0.25) is 0 Å². The van der Waals surface area contributed by atoms with Crippen molar-refractivity contribution in [3.8, 4) is 0 Å². The van der Waals surface area contributed by atoms with Crippen LogP contribution in [0.5, 0.6) is 0 Å². The molecule has 0 atom stereocenters. The monoisotopic (exact) mass is 231 g/mol. The fraction of sp³-hybridized carbons (Fsp3) is 0.250. The molecule has 1 radical (unpaired) electrons. The molecule has 7 heteroatoms. The average molecular weight is 231 g/mol. The lowest BCUT2D eigenvalue weighted by atomic mass is 10.1. The Bertz CT molecular complexity index is 345. The van der Waals surface area contributed by atoms with Crippen LogP contribution in [-0.2, 0) is 5.92 Å². The Morgan fingerprint density at radius 2 is 1.27 bits per heavy atom. The highest BCUT2D eigenvalue weighted by Gasteiger charge is 2.58. The molecule has 0 amide bonds. The third kappa shape index (κ3) is 2.21. The van der Waals surface area contributed by atoms with E-state index in [2.05, 4.69) is 0 Å². The number of alkyl halides is 5. The maximum absolute atomic E-state index is 12.6. The zero-order valence-electron chi connectivity index (χ0n) is 6.80. The highest BCUT2D eigenvalue weighted by Crippen LogP contribution is 2.43. The summed E-state index contributed by atoms with van der Waals surface area (Å²) < 4.78 is 85.1.